The summed E-state index contributed by atoms with van der Waals surface area (Å²) in [5.41, 5.74) is 6.58. The molecule has 0 spiro atoms. The second kappa shape index (κ2) is 5.94. The van der Waals surface area contributed by atoms with Gasteiger partial charge in [-0.1, -0.05) is 26.7 Å². The zero-order valence-corrected chi connectivity index (χ0v) is 12.3. The summed E-state index contributed by atoms with van der Waals surface area (Å²) in [6.45, 7) is 8.15. The molecule has 0 aromatic rings. The highest BCUT2D eigenvalue weighted by Crippen LogP contribution is 2.42. The van der Waals surface area contributed by atoms with Crippen LogP contribution < -0.4 is 5.73 Å². The Hall–Kier alpha value is 0.270. The molecule has 0 aromatic heterocycles. The molecule has 3 heteroatoms. The highest BCUT2D eigenvalue weighted by Gasteiger charge is 2.45. The fraction of sp³-hybridized carbons (Fsp3) is 1.00. The number of hydrogen-bond donors (Lipinski definition) is 1. The summed E-state index contributed by atoms with van der Waals surface area (Å²) in [7, 11) is 0. The van der Waals surface area contributed by atoms with Crippen LogP contribution in [0.1, 0.15) is 39.5 Å². The first-order chi connectivity index (χ1) is 8.20. The van der Waals surface area contributed by atoms with Crippen molar-refractivity contribution in [2.75, 3.05) is 31.1 Å². The molecule has 2 aliphatic rings. The lowest BCUT2D eigenvalue weighted by Crippen LogP contribution is -2.62. The van der Waals surface area contributed by atoms with E-state index in [1.807, 2.05) is 0 Å². The van der Waals surface area contributed by atoms with Crippen LogP contribution in [0.3, 0.4) is 0 Å². The van der Waals surface area contributed by atoms with Crippen molar-refractivity contribution in [1.29, 1.82) is 0 Å². The maximum absolute atomic E-state index is 6.25. The van der Waals surface area contributed by atoms with E-state index >= 15 is 0 Å². The zero-order valence-electron chi connectivity index (χ0n) is 11.5. The number of nitrogens with two attached hydrogens (primary N) is 1. The van der Waals surface area contributed by atoms with Crippen molar-refractivity contribution in [3.8, 4) is 0 Å². The first-order valence-electron chi connectivity index (χ1n) is 7.23. The highest BCUT2D eigenvalue weighted by atomic mass is 32.2. The molecule has 0 amide bonds. The van der Waals surface area contributed by atoms with E-state index < -0.39 is 0 Å². The summed E-state index contributed by atoms with van der Waals surface area (Å²) in [6, 6.07) is 0. The minimum atomic E-state index is 0.327. The molecule has 1 aliphatic heterocycles. The monoisotopic (exact) mass is 256 g/mol. The molecule has 100 valence electrons. The van der Waals surface area contributed by atoms with Gasteiger partial charge in [-0.05, 0) is 24.7 Å². The van der Waals surface area contributed by atoms with Gasteiger partial charge in [0.05, 0.1) is 0 Å². The van der Waals surface area contributed by atoms with E-state index in [9.17, 15) is 0 Å². The quantitative estimate of drug-likeness (QED) is 0.841. The Kier molecular flexibility index (Phi) is 4.79. The van der Waals surface area contributed by atoms with E-state index in [1.54, 1.807) is 0 Å². The van der Waals surface area contributed by atoms with E-state index in [2.05, 4.69) is 30.5 Å². The summed E-state index contributed by atoms with van der Waals surface area (Å²) < 4.78 is 0. The van der Waals surface area contributed by atoms with Gasteiger partial charge in [0.25, 0.3) is 0 Å². The third-order valence-corrected chi connectivity index (χ3v) is 5.81. The Labute approximate surface area is 111 Å². The average molecular weight is 256 g/mol. The molecule has 17 heavy (non-hydrogen) atoms. The third kappa shape index (κ3) is 2.66. The number of nitrogens with zero attached hydrogens (tertiary/aromatic N) is 1. The van der Waals surface area contributed by atoms with Gasteiger partial charge in [0.1, 0.15) is 0 Å². The predicted octanol–water partition coefficient (Wildman–Crippen LogP) is 2.58. The van der Waals surface area contributed by atoms with Gasteiger partial charge in [-0.25, -0.2) is 0 Å². The fourth-order valence-corrected chi connectivity index (χ4v) is 4.89. The molecule has 0 radical (unpaired) electrons. The SMILES string of the molecule is CC(C)C1CCCCC1(CN)N1CCSCC1. The van der Waals surface area contributed by atoms with E-state index in [0.717, 1.165) is 18.4 Å². The fourth-order valence-electron chi connectivity index (χ4n) is 3.99. The molecular weight excluding hydrogens is 228 g/mol. The van der Waals surface area contributed by atoms with Gasteiger partial charge in [-0.3, -0.25) is 4.90 Å². The van der Waals surface area contributed by atoms with E-state index in [4.69, 9.17) is 5.73 Å². The van der Waals surface area contributed by atoms with Crippen LogP contribution in [0.5, 0.6) is 0 Å². The van der Waals surface area contributed by atoms with Crippen LogP contribution in [0.25, 0.3) is 0 Å². The summed E-state index contributed by atoms with van der Waals surface area (Å²) >= 11 is 2.10. The molecule has 2 nitrogen and oxygen atoms in total. The summed E-state index contributed by atoms with van der Waals surface area (Å²) in [5.74, 6) is 4.18. The lowest BCUT2D eigenvalue weighted by atomic mass is 9.67. The maximum atomic E-state index is 6.25. The van der Waals surface area contributed by atoms with Crippen molar-refractivity contribution in [3.63, 3.8) is 0 Å². The van der Waals surface area contributed by atoms with E-state index in [0.29, 0.717) is 5.54 Å². The second-order valence-electron chi connectivity index (χ2n) is 6.00. The standard InChI is InChI=1S/C14H28N2S/c1-12(2)13-5-3-4-6-14(13,11-15)16-7-9-17-10-8-16/h12-13H,3-11,15H2,1-2H3. The van der Waals surface area contributed by atoms with Crippen LogP contribution in [0.2, 0.25) is 0 Å². The normalized spacial score (nSPS) is 36.4. The van der Waals surface area contributed by atoms with Gasteiger partial charge in [-0.15, -0.1) is 0 Å². The smallest absolute Gasteiger partial charge is 0.0362 e. The number of rotatable bonds is 3. The topological polar surface area (TPSA) is 29.3 Å². The van der Waals surface area contributed by atoms with E-state index in [-0.39, 0.29) is 0 Å². The van der Waals surface area contributed by atoms with Crippen LogP contribution in [0.15, 0.2) is 0 Å². The Morgan fingerprint density at radius 1 is 1.29 bits per heavy atom. The Bertz CT molecular complexity index is 238. The summed E-state index contributed by atoms with van der Waals surface area (Å²) in [4.78, 5) is 2.74. The summed E-state index contributed by atoms with van der Waals surface area (Å²) in [5, 5.41) is 0. The van der Waals surface area contributed by atoms with Gasteiger partial charge in [0.15, 0.2) is 0 Å². The Morgan fingerprint density at radius 3 is 2.59 bits per heavy atom. The minimum Gasteiger partial charge on any atom is -0.329 e. The van der Waals surface area contributed by atoms with Crippen LogP contribution in [0.4, 0.5) is 0 Å². The van der Waals surface area contributed by atoms with Gasteiger partial charge < -0.3 is 5.73 Å². The van der Waals surface area contributed by atoms with Crippen LogP contribution in [0, 0.1) is 11.8 Å². The highest BCUT2D eigenvalue weighted by molar-refractivity contribution is 7.99. The van der Waals surface area contributed by atoms with Crippen LogP contribution in [-0.4, -0.2) is 41.6 Å². The van der Waals surface area contributed by atoms with Gasteiger partial charge in [0.2, 0.25) is 0 Å². The molecule has 2 atom stereocenters. The van der Waals surface area contributed by atoms with Crippen molar-refractivity contribution in [2.45, 2.75) is 45.1 Å². The summed E-state index contributed by atoms with van der Waals surface area (Å²) in [6.07, 6.45) is 5.51. The second-order valence-corrected chi connectivity index (χ2v) is 7.23. The Balaban J connectivity index is 2.18. The van der Waals surface area contributed by atoms with Crippen molar-refractivity contribution in [3.05, 3.63) is 0 Å². The molecule has 2 unspecified atom stereocenters. The first kappa shape index (κ1) is 13.7. The molecule has 2 rings (SSSR count). The number of hydrogen-bond acceptors (Lipinski definition) is 3. The first-order valence-corrected chi connectivity index (χ1v) is 8.39. The largest absolute Gasteiger partial charge is 0.329 e. The van der Waals surface area contributed by atoms with Crippen molar-refractivity contribution < 1.29 is 0 Å². The van der Waals surface area contributed by atoms with Gasteiger partial charge >= 0.3 is 0 Å². The van der Waals surface area contributed by atoms with E-state index in [1.165, 1.54) is 50.3 Å². The van der Waals surface area contributed by atoms with Crippen molar-refractivity contribution >= 4 is 11.8 Å². The predicted molar refractivity (Wildman–Crippen MR) is 77.5 cm³/mol. The molecule has 0 bridgehead atoms. The maximum Gasteiger partial charge on any atom is 0.0362 e. The minimum absolute atomic E-state index is 0.327. The third-order valence-electron chi connectivity index (χ3n) is 4.86. The molecule has 1 heterocycles. The van der Waals surface area contributed by atoms with Gasteiger partial charge in [0, 0.05) is 36.7 Å². The molecule has 0 aromatic carbocycles. The molecule has 1 aliphatic carbocycles. The molecule has 2 N–H and O–H groups in total. The Morgan fingerprint density at radius 2 is 2.00 bits per heavy atom. The lowest BCUT2D eigenvalue weighted by Gasteiger charge is -2.53. The molecule has 1 saturated heterocycles. The van der Waals surface area contributed by atoms with Crippen molar-refractivity contribution in [1.82, 2.24) is 4.90 Å². The average Bonchev–Trinajstić information content (AvgIpc) is 2.39. The number of thioether (sulfide) groups is 1. The zero-order chi connectivity index (χ0) is 12.3. The lowest BCUT2D eigenvalue weighted by molar-refractivity contribution is -0.00761. The van der Waals surface area contributed by atoms with Crippen molar-refractivity contribution in [2.24, 2.45) is 17.6 Å². The molecule has 2 fully saturated rings. The van der Waals surface area contributed by atoms with Crippen LogP contribution in [-0.2, 0) is 0 Å². The molecule has 1 saturated carbocycles. The van der Waals surface area contributed by atoms with Crippen LogP contribution >= 0.6 is 11.8 Å². The van der Waals surface area contributed by atoms with Gasteiger partial charge in [-0.2, -0.15) is 11.8 Å². The molecular formula is C14H28N2S.